The number of aryl methyl sites for hydroxylation is 1. The minimum atomic E-state index is -0.520. The molecule has 5 nitrogen and oxygen atoms in total. The summed E-state index contributed by atoms with van der Waals surface area (Å²) in [5.74, 6) is 0.585. The number of nitriles is 1. The standard InChI is InChI=1S/C22H21ClN2O3/c1-5-6-16-9-15(11-20(27-3)21(16)28-4)10-17(13-24)22(26)25-19-12-18(23)8-7-14(19)2/h5,7-12H,1,6H2,2-4H3,(H,25,26)/b17-10-. The predicted octanol–water partition coefficient (Wildman–Crippen LogP) is 4.94. The molecule has 0 heterocycles. The number of allylic oxidation sites excluding steroid dienone is 1. The number of carbonyl (C=O) groups is 1. The van der Waals surface area contributed by atoms with Gasteiger partial charge in [-0.05, 0) is 54.8 Å². The van der Waals surface area contributed by atoms with Crippen molar-refractivity contribution in [2.45, 2.75) is 13.3 Å². The fourth-order valence-electron chi connectivity index (χ4n) is 2.69. The van der Waals surface area contributed by atoms with Crippen molar-refractivity contribution in [2.75, 3.05) is 19.5 Å². The Hall–Kier alpha value is -3.23. The summed E-state index contributed by atoms with van der Waals surface area (Å²) in [5.41, 5.74) is 2.83. The van der Waals surface area contributed by atoms with Crippen molar-refractivity contribution in [3.8, 4) is 17.6 Å². The smallest absolute Gasteiger partial charge is 0.266 e. The maximum Gasteiger partial charge on any atom is 0.266 e. The molecule has 0 aliphatic carbocycles. The fraction of sp³-hybridized carbons (Fsp3) is 0.182. The molecule has 0 atom stereocenters. The number of anilines is 1. The number of benzene rings is 2. The molecular weight excluding hydrogens is 376 g/mol. The number of nitrogens with zero attached hydrogens (tertiary/aromatic N) is 1. The molecule has 1 amide bonds. The van der Waals surface area contributed by atoms with Gasteiger partial charge in [-0.15, -0.1) is 6.58 Å². The molecule has 0 aromatic heterocycles. The quantitative estimate of drug-likeness (QED) is 0.408. The summed E-state index contributed by atoms with van der Waals surface area (Å²) in [6, 6.07) is 10.7. The van der Waals surface area contributed by atoms with Crippen molar-refractivity contribution >= 4 is 29.3 Å². The van der Waals surface area contributed by atoms with Gasteiger partial charge < -0.3 is 14.8 Å². The number of ether oxygens (including phenoxy) is 2. The molecule has 2 rings (SSSR count). The molecular formula is C22H21ClN2O3. The van der Waals surface area contributed by atoms with E-state index in [1.807, 2.05) is 19.1 Å². The molecule has 144 valence electrons. The first kappa shape index (κ1) is 21.1. The topological polar surface area (TPSA) is 71.4 Å². The molecule has 1 N–H and O–H groups in total. The Balaban J connectivity index is 2.41. The number of rotatable bonds is 7. The van der Waals surface area contributed by atoms with Gasteiger partial charge >= 0.3 is 0 Å². The predicted molar refractivity (Wildman–Crippen MR) is 112 cm³/mol. The molecule has 2 aromatic rings. The third-order valence-corrected chi connectivity index (χ3v) is 4.30. The molecule has 2 aromatic carbocycles. The Morgan fingerprint density at radius 3 is 2.64 bits per heavy atom. The second-order valence-electron chi connectivity index (χ2n) is 5.99. The number of amides is 1. The molecule has 0 radical (unpaired) electrons. The highest BCUT2D eigenvalue weighted by Crippen LogP contribution is 2.34. The van der Waals surface area contributed by atoms with Crippen LogP contribution < -0.4 is 14.8 Å². The maximum absolute atomic E-state index is 12.6. The SMILES string of the molecule is C=CCc1cc(/C=C(/C#N)C(=O)Nc2cc(Cl)ccc2C)cc(OC)c1OC. The molecule has 0 aliphatic rings. The summed E-state index contributed by atoms with van der Waals surface area (Å²) >= 11 is 5.99. The van der Waals surface area contributed by atoms with Crippen LogP contribution in [0.25, 0.3) is 6.08 Å². The summed E-state index contributed by atoms with van der Waals surface area (Å²) in [7, 11) is 3.09. The highest BCUT2D eigenvalue weighted by molar-refractivity contribution is 6.31. The zero-order chi connectivity index (χ0) is 20.7. The molecule has 6 heteroatoms. The average Bonchev–Trinajstić information content (AvgIpc) is 2.68. The molecule has 0 saturated carbocycles. The van der Waals surface area contributed by atoms with E-state index in [1.165, 1.54) is 13.2 Å². The van der Waals surface area contributed by atoms with Crippen LogP contribution in [0, 0.1) is 18.3 Å². The molecule has 0 spiro atoms. The van der Waals surface area contributed by atoms with Gasteiger partial charge in [0.05, 0.1) is 14.2 Å². The number of halogens is 1. The maximum atomic E-state index is 12.6. The van der Waals surface area contributed by atoms with Crippen molar-refractivity contribution in [1.29, 1.82) is 5.26 Å². The lowest BCUT2D eigenvalue weighted by Gasteiger charge is -2.13. The van der Waals surface area contributed by atoms with Crippen LogP contribution in [0.4, 0.5) is 5.69 Å². The lowest BCUT2D eigenvalue weighted by Crippen LogP contribution is -2.14. The Kier molecular flexibility index (Phi) is 7.25. The van der Waals surface area contributed by atoms with Crippen LogP contribution in [0.3, 0.4) is 0 Å². The summed E-state index contributed by atoms with van der Waals surface area (Å²) in [6.07, 6.45) is 3.80. The van der Waals surface area contributed by atoms with Crippen LogP contribution in [-0.2, 0) is 11.2 Å². The van der Waals surface area contributed by atoms with Crippen molar-refractivity contribution in [2.24, 2.45) is 0 Å². The second-order valence-corrected chi connectivity index (χ2v) is 6.43. The van der Waals surface area contributed by atoms with E-state index in [0.717, 1.165) is 11.1 Å². The van der Waals surface area contributed by atoms with E-state index in [2.05, 4.69) is 11.9 Å². The van der Waals surface area contributed by atoms with Crippen LogP contribution in [-0.4, -0.2) is 20.1 Å². The van der Waals surface area contributed by atoms with Crippen LogP contribution in [0.15, 0.2) is 48.6 Å². The largest absolute Gasteiger partial charge is 0.493 e. The van der Waals surface area contributed by atoms with E-state index in [4.69, 9.17) is 21.1 Å². The van der Waals surface area contributed by atoms with E-state index in [-0.39, 0.29) is 5.57 Å². The highest BCUT2D eigenvalue weighted by atomic mass is 35.5. The van der Waals surface area contributed by atoms with Crippen molar-refractivity contribution in [1.82, 2.24) is 0 Å². The normalized spacial score (nSPS) is 10.8. The molecule has 0 bridgehead atoms. The second kappa shape index (κ2) is 9.63. The number of nitrogens with one attached hydrogen (secondary N) is 1. The Morgan fingerprint density at radius 2 is 2.04 bits per heavy atom. The van der Waals surface area contributed by atoms with E-state index < -0.39 is 5.91 Å². The van der Waals surface area contributed by atoms with Crippen molar-refractivity contribution < 1.29 is 14.3 Å². The van der Waals surface area contributed by atoms with E-state index in [1.54, 1.807) is 37.5 Å². The summed E-state index contributed by atoms with van der Waals surface area (Å²) in [4.78, 5) is 12.6. The number of methoxy groups -OCH3 is 2. The summed E-state index contributed by atoms with van der Waals surface area (Å²) in [6.45, 7) is 5.59. The van der Waals surface area contributed by atoms with Gasteiger partial charge in [-0.2, -0.15) is 5.26 Å². The first-order valence-electron chi connectivity index (χ1n) is 8.48. The van der Waals surface area contributed by atoms with Crippen LogP contribution in [0.2, 0.25) is 5.02 Å². The lowest BCUT2D eigenvalue weighted by atomic mass is 10.0. The monoisotopic (exact) mass is 396 g/mol. The third-order valence-electron chi connectivity index (χ3n) is 4.07. The Bertz CT molecular complexity index is 974. The van der Waals surface area contributed by atoms with Gasteiger partial charge in [-0.1, -0.05) is 23.7 Å². The van der Waals surface area contributed by atoms with Gasteiger partial charge in [0.15, 0.2) is 11.5 Å². The summed E-state index contributed by atoms with van der Waals surface area (Å²) < 4.78 is 10.8. The summed E-state index contributed by atoms with van der Waals surface area (Å²) in [5, 5.41) is 12.7. The highest BCUT2D eigenvalue weighted by Gasteiger charge is 2.14. The number of hydrogen-bond acceptors (Lipinski definition) is 4. The van der Waals surface area contributed by atoms with Crippen molar-refractivity contribution in [3.05, 3.63) is 70.3 Å². The third kappa shape index (κ3) is 4.93. The molecule has 0 saturated heterocycles. The zero-order valence-electron chi connectivity index (χ0n) is 16.0. The molecule has 28 heavy (non-hydrogen) atoms. The number of carbonyl (C=O) groups excluding carboxylic acids is 1. The van der Waals surface area contributed by atoms with Gasteiger partial charge in [-0.25, -0.2) is 0 Å². The fourth-order valence-corrected chi connectivity index (χ4v) is 2.86. The zero-order valence-corrected chi connectivity index (χ0v) is 16.8. The van der Waals surface area contributed by atoms with E-state index >= 15 is 0 Å². The average molecular weight is 397 g/mol. The first-order valence-corrected chi connectivity index (χ1v) is 8.86. The lowest BCUT2D eigenvalue weighted by molar-refractivity contribution is -0.112. The molecule has 0 aliphatic heterocycles. The molecule has 0 unspecified atom stereocenters. The molecule has 0 fully saturated rings. The minimum absolute atomic E-state index is 0.0452. The van der Waals surface area contributed by atoms with E-state index in [0.29, 0.717) is 34.2 Å². The van der Waals surface area contributed by atoms with Gasteiger partial charge in [0, 0.05) is 16.3 Å². The number of hydrogen-bond donors (Lipinski definition) is 1. The Morgan fingerprint density at radius 1 is 1.29 bits per heavy atom. The van der Waals surface area contributed by atoms with Crippen LogP contribution in [0.5, 0.6) is 11.5 Å². The minimum Gasteiger partial charge on any atom is -0.493 e. The van der Waals surface area contributed by atoms with Gasteiger partial charge in [0.25, 0.3) is 5.91 Å². The van der Waals surface area contributed by atoms with Crippen molar-refractivity contribution in [3.63, 3.8) is 0 Å². The van der Waals surface area contributed by atoms with Crippen LogP contribution >= 0.6 is 11.6 Å². The first-order chi connectivity index (χ1) is 13.4. The Labute approximate surface area is 169 Å². The van der Waals surface area contributed by atoms with Crippen LogP contribution in [0.1, 0.15) is 16.7 Å². The van der Waals surface area contributed by atoms with Gasteiger partial charge in [-0.3, -0.25) is 4.79 Å². The van der Waals surface area contributed by atoms with E-state index in [9.17, 15) is 10.1 Å². The van der Waals surface area contributed by atoms with Gasteiger partial charge in [0.1, 0.15) is 11.6 Å². The van der Waals surface area contributed by atoms with Gasteiger partial charge in [0.2, 0.25) is 0 Å².